The molecule has 0 saturated carbocycles. The van der Waals surface area contributed by atoms with E-state index in [1.165, 1.54) is 0 Å². The molecule has 1 aromatic rings. The van der Waals surface area contributed by atoms with Crippen molar-refractivity contribution in [2.24, 2.45) is 0 Å². The summed E-state index contributed by atoms with van der Waals surface area (Å²) < 4.78 is 10.9. The molecule has 0 aliphatic carbocycles. The fourth-order valence-corrected chi connectivity index (χ4v) is 1.34. The van der Waals surface area contributed by atoms with Crippen molar-refractivity contribution < 1.29 is 14.3 Å². The number of carbonyl (C=O) groups excluding carboxylic acids is 1. The summed E-state index contributed by atoms with van der Waals surface area (Å²) >= 11 is 0. The quantitative estimate of drug-likeness (QED) is 0.635. The lowest BCUT2D eigenvalue weighted by atomic mass is 10.1. The van der Waals surface area contributed by atoms with E-state index in [0.717, 1.165) is 6.42 Å². The molecule has 1 radical (unpaired) electrons. The van der Waals surface area contributed by atoms with Gasteiger partial charge in [-0.05, 0) is 18.2 Å². The Balaban J connectivity index is 2.37. The third-order valence-electron chi connectivity index (χ3n) is 2.07. The number of hydrogen-bond donors (Lipinski definition) is 0. The van der Waals surface area contributed by atoms with Crippen molar-refractivity contribution in [2.45, 2.75) is 6.42 Å². The topological polar surface area (TPSA) is 35.5 Å². The van der Waals surface area contributed by atoms with Crippen LogP contribution in [0, 0.1) is 6.92 Å². The van der Waals surface area contributed by atoms with Crippen LogP contribution in [0.3, 0.4) is 0 Å². The molecule has 3 nitrogen and oxygen atoms in total. The number of hydrogen-bond acceptors (Lipinski definition) is 3. The van der Waals surface area contributed by atoms with Crippen LogP contribution < -0.4 is 9.47 Å². The van der Waals surface area contributed by atoms with Crippen molar-refractivity contribution in [1.82, 2.24) is 0 Å². The summed E-state index contributed by atoms with van der Waals surface area (Å²) in [7, 11) is 0. The largest absolute Gasteiger partial charge is 0.490 e. The summed E-state index contributed by atoms with van der Waals surface area (Å²) in [5.74, 6) is 1.13. The molecular weight excluding hydrogens is 180 g/mol. The van der Waals surface area contributed by atoms with E-state index in [2.05, 4.69) is 6.92 Å². The van der Waals surface area contributed by atoms with E-state index in [1.807, 2.05) is 0 Å². The summed E-state index contributed by atoms with van der Waals surface area (Å²) in [6.07, 6.45) is 0.863. The van der Waals surface area contributed by atoms with E-state index >= 15 is 0 Å². The van der Waals surface area contributed by atoms with Crippen molar-refractivity contribution in [1.29, 1.82) is 0 Å². The van der Waals surface area contributed by atoms with Crippen molar-refractivity contribution in [3.63, 3.8) is 0 Å². The summed E-state index contributed by atoms with van der Waals surface area (Å²) in [4.78, 5) is 11.0. The lowest BCUT2D eigenvalue weighted by molar-refractivity contribution is 0.104. The van der Waals surface area contributed by atoms with Crippen LogP contribution in [0.5, 0.6) is 11.5 Å². The van der Waals surface area contributed by atoms with Crippen molar-refractivity contribution >= 4 is 5.78 Å². The van der Waals surface area contributed by atoms with Crippen LogP contribution in [0.15, 0.2) is 18.2 Å². The highest BCUT2D eigenvalue weighted by molar-refractivity contribution is 5.99. The zero-order valence-corrected chi connectivity index (χ0v) is 7.79. The van der Waals surface area contributed by atoms with Gasteiger partial charge in [-0.1, -0.05) is 0 Å². The van der Waals surface area contributed by atoms with E-state index in [9.17, 15) is 4.79 Å². The van der Waals surface area contributed by atoms with Crippen molar-refractivity contribution in [3.8, 4) is 11.5 Å². The van der Waals surface area contributed by atoms with Crippen LogP contribution in [0.25, 0.3) is 0 Å². The van der Waals surface area contributed by atoms with E-state index < -0.39 is 0 Å². The third kappa shape index (κ3) is 1.71. The molecule has 0 fully saturated rings. The van der Waals surface area contributed by atoms with Crippen LogP contribution in [0.2, 0.25) is 0 Å². The van der Waals surface area contributed by atoms with E-state index in [0.29, 0.717) is 30.3 Å². The van der Waals surface area contributed by atoms with Crippen LogP contribution in [0.1, 0.15) is 16.8 Å². The molecule has 0 saturated heterocycles. The number of ketones is 1. The van der Waals surface area contributed by atoms with Crippen molar-refractivity contribution in [3.05, 3.63) is 30.7 Å². The molecule has 0 aromatic heterocycles. The number of benzene rings is 1. The Bertz CT molecular complexity index is 358. The molecule has 0 spiro atoms. The van der Waals surface area contributed by atoms with Crippen LogP contribution in [-0.2, 0) is 0 Å². The highest BCUT2D eigenvalue weighted by Crippen LogP contribution is 2.30. The first-order valence-corrected chi connectivity index (χ1v) is 4.53. The molecule has 73 valence electrons. The maximum Gasteiger partial charge on any atom is 0.163 e. The molecular formula is C11H11O3. The van der Waals surface area contributed by atoms with Gasteiger partial charge in [0, 0.05) is 18.9 Å². The van der Waals surface area contributed by atoms with Gasteiger partial charge in [-0.25, -0.2) is 0 Å². The SMILES string of the molecule is [CH2]C(=O)c1ccc2c(c1)OCCCO2. The van der Waals surface area contributed by atoms with Gasteiger partial charge < -0.3 is 9.47 Å². The second kappa shape index (κ2) is 3.70. The van der Waals surface area contributed by atoms with E-state index in [-0.39, 0.29) is 5.78 Å². The minimum Gasteiger partial charge on any atom is -0.490 e. The molecule has 1 aromatic carbocycles. The minimum absolute atomic E-state index is 0.208. The predicted molar refractivity (Wildman–Crippen MR) is 51.7 cm³/mol. The number of ether oxygens (including phenoxy) is 2. The number of Topliss-reactive ketones (excluding diaryl/α,β-unsaturated/α-hetero) is 1. The monoisotopic (exact) mass is 191 g/mol. The standard InChI is InChI=1S/C11H11O3/c1-8(12)9-3-4-10-11(7-9)14-6-2-5-13-10/h3-4,7H,1-2,5-6H2. The first-order valence-electron chi connectivity index (χ1n) is 4.53. The fraction of sp³-hybridized carbons (Fsp3) is 0.273. The van der Waals surface area contributed by atoms with Gasteiger partial charge in [0.2, 0.25) is 0 Å². The second-order valence-corrected chi connectivity index (χ2v) is 3.14. The summed E-state index contributed by atoms with van der Waals surface area (Å²) in [6, 6.07) is 5.12. The van der Waals surface area contributed by atoms with Gasteiger partial charge >= 0.3 is 0 Å². The second-order valence-electron chi connectivity index (χ2n) is 3.14. The van der Waals surface area contributed by atoms with Gasteiger partial charge in [0.25, 0.3) is 0 Å². The molecule has 1 aliphatic heterocycles. The number of rotatable bonds is 1. The van der Waals surface area contributed by atoms with Gasteiger partial charge in [0.1, 0.15) is 0 Å². The molecule has 3 heteroatoms. The lowest BCUT2D eigenvalue weighted by Gasteiger charge is -2.07. The summed E-state index contributed by atoms with van der Waals surface area (Å²) in [5.41, 5.74) is 0.550. The maximum atomic E-state index is 11.0. The van der Waals surface area contributed by atoms with Gasteiger partial charge in [0.05, 0.1) is 13.2 Å². The van der Waals surface area contributed by atoms with Gasteiger partial charge in [-0.15, -0.1) is 0 Å². The zero-order valence-electron chi connectivity index (χ0n) is 7.79. The average Bonchev–Trinajstić information content (AvgIpc) is 2.41. The molecule has 0 N–H and O–H groups in total. The highest BCUT2D eigenvalue weighted by Gasteiger charge is 2.11. The molecule has 1 heterocycles. The summed E-state index contributed by atoms with van der Waals surface area (Å²) in [6.45, 7) is 4.63. The molecule has 0 amide bonds. The van der Waals surface area contributed by atoms with Crippen molar-refractivity contribution in [2.75, 3.05) is 13.2 Å². The predicted octanol–water partition coefficient (Wildman–Crippen LogP) is 1.86. The maximum absolute atomic E-state index is 11.0. The highest BCUT2D eigenvalue weighted by atomic mass is 16.5. The third-order valence-corrected chi connectivity index (χ3v) is 2.07. The summed E-state index contributed by atoms with van der Waals surface area (Å²) in [5, 5.41) is 0. The van der Waals surface area contributed by atoms with Crippen LogP contribution in [0.4, 0.5) is 0 Å². The molecule has 0 bridgehead atoms. The van der Waals surface area contributed by atoms with Gasteiger partial charge in [-0.2, -0.15) is 0 Å². The lowest BCUT2D eigenvalue weighted by Crippen LogP contribution is -1.97. The normalized spacial score (nSPS) is 14.6. The molecule has 1 aliphatic rings. The Kier molecular flexibility index (Phi) is 2.39. The Labute approximate surface area is 82.6 Å². The number of fused-ring (bicyclic) bond motifs is 1. The molecule has 2 rings (SSSR count). The van der Waals surface area contributed by atoms with E-state index in [4.69, 9.17) is 9.47 Å². The van der Waals surface area contributed by atoms with E-state index in [1.54, 1.807) is 18.2 Å². The first kappa shape index (κ1) is 9.06. The minimum atomic E-state index is -0.208. The van der Waals surface area contributed by atoms with Gasteiger partial charge in [0.15, 0.2) is 17.3 Å². The molecule has 0 unspecified atom stereocenters. The smallest absolute Gasteiger partial charge is 0.163 e. The average molecular weight is 191 g/mol. The van der Waals surface area contributed by atoms with Gasteiger partial charge in [-0.3, -0.25) is 4.79 Å². The fourth-order valence-electron chi connectivity index (χ4n) is 1.34. The Morgan fingerprint density at radius 3 is 2.64 bits per heavy atom. The van der Waals surface area contributed by atoms with Crippen LogP contribution >= 0.6 is 0 Å². The molecule has 0 atom stereocenters. The first-order chi connectivity index (χ1) is 6.77. The Morgan fingerprint density at radius 2 is 1.93 bits per heavy atom. The van der Waals surface area contributed by atoms with Crippen LogP contribution in [-0.4, -0.2) is 19.0 Å². The Morgan fingerprint density at radius 1 is 1.21 bits per heavy atom. The Hall–Kier alpha value is -1.51. The molecule has 14 heavy (non-hydrogen) atoms. The number of carbonyl (C=O) groups is 1. The zero-order chi connectivity index (χ0) is 9.97.